The Kier molecular flexibility index (Phi) is 3.62. The third-order valence-electron chi connectivity index (χ3n) is 3.26. The second-order valence-electron chi connectivity index (χ2n) is 4.51. The summed E-state index contributed by atoms with van der Waals surface area (Å²) in [6.07, 6.45) is 0.834. The second-order valence-corrected chi connectivity index (χ2v) is 4.51. The van der Waals surface area contributed by atoms with Crippen molar-refractivity contribution >= 4 is 17.6 Å². The van der Waals surface area contributed by atoms with Crippen LogP contribution in [0.25, 0.3) is 0 Å². The van der Waals surface area contributed by atoms with Gasteiger partial charge in [-0.25, -0.2) is 4.79 Å². The van der Waals surface area contributed by atoms with Gasteiger partial charge in [-0.3, -0.25) is 4.79 Å². The highest BCUT2D eigenvalue weighted by molar-refractivity contribution is 5.94. The molecule has 1 aliphatic heterocycles. The van der Waals surface area contributed by atoms with Gasteiger partial charge in [0.25, 0.3) is 0 Å². The Morgan fingerprint density at radius 1 is 1.33 bits per heavy atom. The highest BCUT2D eigenvalue weighted by atomic mass is 16.4. The van der Waals surface area contributed by atoms with Crippen molar-refractivity contribution in [2.75, 3.05) is 11.9 Å². The van der Waals surface area contributed by atoms with Gasteiger partial charge in [-0.05, 0) is 44.2 Å². The van der Waals surface area contributed by atoms with Gasteiger partial charge < -0.3 is 15.7 Å². The van der Waals surface area contributed by atoms with Crippen LogP contribution in [0.1, 0.15) is 23.7 Å². The third-order valence-corrected chi connectivity index (χ3v) is 3.26. The molecule has 0 spiro atoms. The molecule has 2 rings (SSSR count). The van der Waals surface area contributed by atoms with Crippen molar-refractivity contribution in [1.29, 1.82) is 0 Å². The van der Waals surface area contributed by atoms with Gasteiger partial charge in [0.2, 0.25) is 5.91 Å². The van der Waals surface area contributed by atoms with Crippen molar-refractivity contribution < 1.29 is 14.7 Å². The highest BCUT2D eigenvalue weighted by Crippen LogP contribution is 2.18. The lowest BCUT2D eigenvalue weighted by atomic mass is 10.0. The summed E-state index contributed by atoms with van der Waals surface area (Å²) in [5.41, 5.74) is 0.841. The van der Waals surface area contributed by atoms with Crippen LogP contribution in [-0.2, 0) is 4.79 Å². The van der Waals surface area contributed by atoms with Crippen molar-refractivity contribution in [2.45, 2.75) is 19.4 Å². The van der Waals surface area contributed by atoms with Crippen LogP contribution in [0.15, 0.2) is 24.3 Å². The summed E-state index contributed by atoms with van der Waals surface area (Å²) in [7, 11) is 0. The van der Waals surface area contributed by atoms with E-state index in [2.05, 4.69) is 10.6 Å². The fraction of sp³-hybridized carbons (Fsp3) is 0.385. The van der Waals surface area contributed by atoms with Crippen LogP contribution in [0.2, 0.25) is 0 Å². The average Bonchev–Trinajstić information content (AvgIpc) is 2.76. The monoisotopic (exact) mass is 248 g/mol. The molecule has 1 amide bonds. The Morgan fingerprint density at radius 3 is 2.50 bits per heavy atom. The molecule has 1 aromatic carbocycles. The van der Waals surface area contributed by atoms with Crippen molar-refractivity contribution in [3.63, 3.8) is 0 Å². The standard InChI is InChI=1S/C13H16N2O3/c1-8-11(6-7-14-8)12(16)15-10-4-2-9(3-5-10)13(17)18/h2-5,8,11,14H,6-7H2,1H3,(H,15,16)(H,17,18). The molecule has 0 bridgehead atoms. The molecule has 0 aliphatic carbocycles. The minimum Gasteiger partial charge on any atom is -0.478 e. The molecule has 3 N–H and O–H groups in total. The van der Waals surface area contributed by atoms with E-state index < -0.39 is 5.97 Å². The van der Waals surface area contributed by atoms with Gasteiger partial charge in [-0.15, -0.1) is 0 Å². The van der Waals surface area contributed by atoms with Crippen LogP contribution in [0, 0.1) is 5.92 Å². The number of rotatable bonds is 3. The van der Waals surface area contributed by atoms with Crippen LogP contribution >= 0.6 is 0 Å². The molecule has 1 aliphatic rings. The first-order chi connectivity index (χ1) is 8.58. The number of hydrogen-bond acceptors (Lipinski definition) is 3. The van der Waals surface area contributed by atoms with Gasteiger partial charge in [0, 0.05) is 11.7 Å². The fourth-order valence-corrected chi connectivity index (χ4v) is 2.15. The number of carbonyl (C=O) groups excluding carboxylic acids is 1. The SMILES string of the molecule is CC1NCCC1C(=O)Nc1ccc(C(=O)O)cc1. The van der Waals surface area contributed by atoms with Gasteiger partial charge in [-0.2, -0.15) is 0 Å². The zero-order chi connectivity index (χ0) is 13.1. The molecule has 0 aromatic heterocycles. The van der Waals surface area contributed by atoms with Crippen molar-refractivity contribution in [3.8, 4) is 0 Å². The minimum absolute atomic E-state index is 0.0180. The number of carbonyl (C=O) groups is 2. The quantitative estimate of drug-likeness (QED) is 0.754. The first-order valence-corrected chi connectivity index (χ1v) is 5.95. The van der Waals surface area contributed by atoms with Gasteiger partial charge >= 0.3 is 5.97 Å². The summed E-state index contributed by atoms with van der Waals surface area (Å²) in [4.78, 5) is 22.7. The Hall–Kier alpha value is -1.88. The molecule has 2 unspecified atom stereocenters. The minimum atomic E-state index is -0.971. The summed E-state index contributed by atoms with van der Waals surface area (Å²) in [5, 5.41) is 14.8. The Bertz CT molecular complexity index is 456. The zero-order valence-corrected chi connectivity index (χ0v) is 10.1. The van der Waals surface area contributed by atoms with E-state index in [9.17, 15) is 9.59 Å². The van der Waals surface area contributed by atoms with Crippen LogP contribution in [0.3, 0.4) is 0 Å². The predicted molar refractivity (Wildman–Crippen MR) is 67.6 cm³/mol. The molecular formula is C13H16N2O3. The first kappa shape index (κ1) is 12.6. The van der Waals surface area contributed by atoms with Crippen molar-refractivity contribution in [2.24, 2.45) is 5.92 Å². The summed E-state index contributed by atoms with van der Waals surface area (Å²) in [6.45, 7) is 2.85. The largest absolute Gasteiger partial charge is 0.478 e. The van der Waals surface area contributed by atoms with E-state index in [-0.39, 0.29) is 23.4 Å². The molecule has 1 aromatic rings. The maximum absolute atomic E-state index is 12.0. The van der Waals surface area contributed by atoms with E-state index in [0.29, 0.717) is 5.69 Å². The number of benzene rings is 1. The van der Waals surface area contributed by atoms with Crippen LogP contribution in [0.5, 0.6) is 0 Å². The van der Waals surface area contributed by atoms with Gasteiger partial charge in [-0.1, -0.05) is 0 Å². The summed E-state index contributed by atoms with van der Waals surface area (Å²) in [6, 6.07) is 6.36. The number of hydrogen-bond donors (Lipinski definition) is 3. The number of carboxylic acids is 1. The normalized spacial score (nSPS) is 22.7. The van der Waals surface area contributed by atoms with E-state index in [4.69, 9.17) is 5.11 Å². The van der Waals surface area contributed by atoms with Gasteiger partial charge in [0.15, 0.2) is 0 Å². The maximum atomic E-state index is 12.0. The molecule has 0 saturated carbocycles. The van der Waals surface area contributed by atoms with E-state index in [1.807, 2.05) is 6.92 Å². The number of carboxylic acid groups (broad SMARTS) is 1. The molecule has 1 fully saturated rings. The lowest BCUT2D eigenvalue weighted by Gasteiger charge is -2.14. The molecule has 18 heavy (non-hydrogen) atoms. The summed E-state index contributed by atoms with van der Waals surface area (Å²) >= 11 is 0. The Morgan fingerprint density at radius 2 is 2.00 bits per heavy atom. The molecule has 0 radical (unpaired) electrons. The molecule has 1 saturated heterocycles. The lowest BCUT2D eigenvalue weighted by Crippen LogP contribution is -2.32. The van der Waals surface area contributed by atoms with Gasteiger partial charge in [0.05, 0.1) is 11.5 Å². The van der Waals surface area contributed by atoms with E-state index in [1.165, 1.54) is 12.1 Å². The zero-order valence-electron chi connectivity index (χ0n) is 10.1. The molecule has 96 valence electrons. The van der Waals surface area contributed by atoms with Crippen molar-refractivity contribution in [3.05, 3.63) is 29.8 Å². The summed E-state index contributed by atoms with van der Waals surface area (Å²) in [5.74, 6) is -1.01. The van der Waals surface area contributed by atoms with Crippen LogP contribution in [0.4, 0.5) is 5.69 Å². The number of anilines is 1. The van der Waals surface area contributed by atoms with Crippen LogP contribution < -0.4 is 10.6 Å². The third kappa shape index (κ3) is 2.68. The molecule has 5 nitrogen and oxygen atoms in total. The van der Waals surface area contributed by atoms with E-state index >= 15 is 0 Å². The smallest absolute Gasteiger partial charge is 0.335 e. The molecule has 1 heterocycles. The second kappa shape index (κ2) is 5.18. The van der Waals surface area contributed by atoms with E-state index in [0.717, 1.165) is 13.0 Å². The number of aromatic carboxylic acids is 1. The highest BCUT2D eigenvalue weighted by Gasteiger charge is 2.29. The Balaban J connectivity index is 2.00. The molecule has 5 heteroatoms. The Labute approximate surface area is 105 Å². The predicted octanol–water partition coefficient (Wildman–Crippen LogP) is 1.32. The average molecular weight is 248 g/mol. The number of nitrogens with one attached hydrogen (secondary N) is 2. The first-order valence-electron chi connectivity index (χ1n) is 5.95. The lowest BCUT2D eigenvalue weighted by molar-refractivity contribution is -0.120. The van der Waals surface area contributed by atoms with Gasteiger partial charge in [0.1, 0.15) is 0 Å². The van der Waals surface area contributed by atoms with Crippen LogP contribution in [-0.4, -0.2) is 29.6 Å². The number of amides is 1. The topological polar surface area (TPSA) is 78.4 Å². The molecular weight excluding hydrogens is 232 g/mol. The maximum Gasteiger partial charge on any atom is 0.335 e. The summed E-state index contributed by atoms with van der Waals surface area (Å²) < 4.78 is 0. The molecule has 2 atom stereocenters. The van der Waals surface area contributed by atoms with Crippen molar-refractivity contribution in [1.82, 2.24) is 5.32 Å². The van der Waals surface area contributed by atoms with E-state index in [1.54, 1.807) is 12.1 Å². The fourth-order valence-electron chi connectivity index (χ4n) is 2.15.